The zero-order valence-electron chi connectivity index (χ0n) is 11.9. The average Bonchev–Trinajstić information content (AvgIpc) is 2.49. The van der Waals surface area contributed by atoms with Crippen LogP contribution in [0.25, 0.3) is 0 Å². The first kappa shape index (κ1) is 23.4. The Morgan fingerprint density at radius 1 is 0.870 bits per heavy atom. The molecule has 5 unspecified atom stereocenters. The Morgan fingerprint density at radius 2 is 1.35 bits per heavy atom. The lowest BCUT2D eigenvalue weighted by atomic mass is 10.0. The quantitative estimate of drug-likeness (QED) is 0.193. The van der Waals surface area contributed by atoms with Gasteiger partial charge in [-0.1, -0.05) is 0 Å². The van der Waals surface area contributed by atoms with Crippen molar-refractivity contribution >= 4 is 17.9 Å². The molecule has 0 bridgehead atoms. The molecule has 0 radical (unpaired) electrons. The largest absolute Gasteiger partial charge is 0.481 e. The molecular formula is C11H21NO11. The van der Waals surface area contributed by atoms with Crippen molar-refractivity contribution in [1.82, 2.24) is 0 Å². The first-order valence-electron chi connectivity index (χ1n) is 6.21. The van der Waals surface area contributed by atoms with Crippen LogP contribution in [0.4, 0.5) is 0 Å². The van der Waals surface area contributed by atoms with Crippen molar-refractivity contribution in [1.29, 1.82) is 0 Å². The van der Waals surface area contributed by atoms with E-state index < -0.39 is 55.0 Å². The van der Waals surface area contributed by atoms with Crippen LogP contribution in [0, 0.1) is 0 Å². The van der Waals surface area contributed by atoms with Crippen LogP contribution in [-0.2, 0) is 14.4 Å². The van der Waals surface area contributed by atoms with Crippen LogP contribution in [0.1, 0.15) is 12.8 Å². The summed E-state index contributed by atoms with van der Waals surface area (Å²) >= 11 is 0. The van der Waals surface area contributed by atoms with Gasteiger partial charge >= 0.3 is 17.9 Å². The highest BCUT2D eigenvalue weighted by Gasteiger charge is 2.33. The highest BCUT2D eigenvalue weighted by molar-refractivity contribution is 5.74. The van der Waals surface area contributed by atoms with Gasteiger partial charge in [0, 0.05) is 6.42 Å². The second kappa shape index (κ2) is 11.7. The Morgan fingerprint density at radius 3 is 1.65 bits per heavy atom. The van der Waals surface area contributed by atoms with Gasteiger partial charge in [-0.25, -0.2) is 4.79 Å². The second-order valence-corrected chi connectivity index (χ2v) is 4.39. The van der Waals surface area contributed by atoms with E-state index in [1.165, 1.54) is 0 Å². The monoisotopic (exact) mass is 343 g/mol. The predicted molar refractivity (Wildman–Crippen MR) is 71.2 cm³/mol. The summed E-state index contributed by atoms with van der Waals surface area (Å²) in [4.78, 5) is 30.0. The van der Waals surface area contributed by atoms with Gasteiger partial charge in [0.25, 0.3) is 0 Å². The van der Waals surface area contributed by atoms with Crippen LogP contribution < -0.4 is 5.73 Å². The van der Waals surface area contributed by atoms with Crippen molar-refractivity contribution in [3.63, 3.8) is 0 Å². The van der Waals surface area contributed by atoms with Gasteiger partial charge in [-0.15, -0.1) is 0 Å². The molecule has 10 N–H and O–H groups in total. The molecule has 0 aromatic heterocycles. The molecule has 136 valence electrons. The fourth-order valence-electron chi connectivity index (χ4n) is 1.07. The third-order valence-corrected chi connectivity index (χ3v) is 2.49. The Labute approximate surface area is 130 Å². The van der Waals surface area contributed by atoms with Crippen molar-refractivity contribution < 1.29 is 55.2 Å². The Hall–Kier alpha value is -1.83. The van der Waals surface area contributed by atoms with E-state index in [-0.39, 0.29) is 12.8 Å². The molecule has 0 saturated heterocycles. The van der Waals surface area contributed by atoms with Gasteiger partial charge < -0.3 is 46.6 Å². The van der Waals surface area contributed by atoms with Gasteiger partial charge in [0.15, 0.2) is 6.10 Å². The number of aliphatic hydroxyl groups excluding tert-OH is 5. The number of carbonyl (C=O) groups is 3. The van der Waals surface area contributed by atoms with Gasteiger partial charge in [-0.3, -0.25) is 9.59 Å². The molecule has 0 aromatic carbocycles. The van der Waals surface area contributed by atoms with Gasteiger partial charge in [0.1, 0.15) is 24.4 Å². The summed E-state index contributed by atoms with van der Waals surface area (Å²) in [5, 5.41) is 68.1. The van der Waals surface area contributed by atoms with E-state index in [2.05, 4.69) is 0 Å². The van der Waals surface area contributed by atoms with E-state index in [0.29, 0.717) is 0 Å². The van der Waals surface area contributed by atoms with Crippen LogP contribution in [0.15, 0.2) is 0 Å². The van der Waals surface area contributed by atoms with Crippen LogP contribution in [0.5, 0.6) is 0 Å². The minimum Gasteiger partial charge on any atom is -0.481 e. The lowest BCUT2D eigenvalue weighted by molar-refractivity contribution is -0.164. The number of aliphatic hydroxyl groups is 5. The van der Waals surface area contributed by atoms with Crippen LogP contribution >= 0.6 is 0 Å². The molecule has 0 spiro atoms. The third kappa shape index (κ3) is 10.5. The van der Waals surface area contributed by atoms with E-state index in [0.717, 1.165) is 0 Å². The summed E-state index contributed by atoms with van der Waals surface area (Å²) in [6, 6.07) is -1.06. The second-order valence-electron chi connectivity index (χ2n) is 4.39. The molecule has 5 atom stereocenters. The van der Waals surface area contributed by atoms with E-state index in [1.807, 2.05) is 0 Å². The zero-order valence-corrected chi connectivity index (χ0v) is 11.9. The fourth-order valence-corrected chi connectivity index (χ4v) is 1.07. The molecule has 0 heterocycles. The standard InChI is InChI=1S/C6H12O7.C5H9NO4/c7-1-2(8)3(9)4(10)5(11)6(12)13;6-3(5(9)10)1-2-4(7)8/h2-5,7-11H,1H2,(H,12,13);3H,1-2,6H2,(H,7,8)(H,9,10). The molecule has 0 aliphatic rings. The first-order chi connectivity index (χ1) is 10.4. The van der Waals surface area contributed by atoms with Crippen LogP contribution in [0.3, 0.4) is 0 Å². The van der Waals surface area contributed by atoms with Crippen LogP contribution in [-0.4, -0.2) is 95.8 Å². The Balaban J connectivity index is 0. The maximum Gasteiger partial charge on any atom is 0.335 e. The van der Waals surface area contributed by atoms with E-state index >= 15 is 0 Å². The highest BCUT2D eigenvalue weighted by atomic mass is 16.4. The number of hydrogen-bond acceptors (Lipinski definition) is 9. The molecule has 23 heavy (non-hydrogen) atoms. The maximum atomic E-state index is 10.1. The SMILES string of the molecule is NC(CCC(=O)O)C(=O)O.O=C(O)C(O)C(O)C(O)C(O)CO. The molecule has 0 aliphatic carbocycles. The Kier molecular flexibility index (Phi) is 11.9. The van der Waals surface area contributed by atoms with Crippen molar-refractivity contribution in [3.8, 4) is 0 Å². The zero-order chi connectivity index (χ0) is 18.7. The van der Waals surface area contributed by atoms with Crippen molar-refractivity contribution in [3.05, 3.63) is 0 Å². The van der Waals surface area contributed by atoms with Gasteiger partial charge in [0.2, 0.25) is 0 Å². The highest BCUT2D eigenvalue weighted by Crippen LogP contribution is 2.04. The van der Waals surface area contributed by atoms with Crippen molar-refractivity contribution in [2.45, 2.75) is 43.3 Å². The summed E-state index contributed by atoms with van der Waals surface area (Å²) < 4.78 is 0. The molecule has 12 heteroatoms. The van der Waals surface area contributed by atoms with E-state index in [9.17, 15) is 14.4 Å². The number of rotatable bonds is 9. The molecule has 0 amide bonds. The molecule has 0 fully saturated rings. The van der Waals surface area contributed by atoms with Crippen LogP contribution in [0.2, 0.25) is 0 Å². The maximum absolute atomic E-state index is 10.1. The van der Waals surface area contributed by atoms with Gasteiger partial charge in [-0.05, 0) is 6.42 Å². The fraction of sp³-hybridized carbons (Fsp3) is 0.727. The minimum atomic E-state index is -2.20. The lowest BCUT2D eigenvalue weighted by Gasteiger charge is -2.23. The molecule has 0 aliphatic heterocycles. The normalized spacial score (nSPS) is 17.0. The smallest absolute Gasteiger partial charge is 0.335 e. The summed E-state index contributed by atoms with van der Waals surface area (Å²) in [6.45, 7) is -0.843. The first-order valence-corrected chi connectivity index (χ1v) is 6.21. The van der Waals surface area contributed by atoms with E-state index in [1.54, 1.807) is 0 Å². The topological polar surface area (TPSA) is 239 Å². The number of carboxylic acids is 3. The number of aliphatic carboxylic acids is 3. The number of carboxylic acid groups (broad SMARTS) is 3. The molecule has 0 saturated carbocycles. The van der Waals surface area contributed by atoms with Gasteiger partial charge in [-0.2, -0.15) is 0 Å². The van der Waals surface area contributed by atoms with E-state index in [4.69, 9.17) is 46.6 Å². The Bertz CT molecular complexity index is 388. The van der Waals surface area contributed by atoms with Crippen molar-refractivity contribution in [2.24, 2.45) is 5.73 Å². The number of hydrogen-bond donors (Lipinski definition) is 9. The summed E-state index contributed by atoms with van der Waals surface area (Å²) in [5.41, 5.74) is 5.00. The number of nitrogens with two attached hydrogens (primary N) is 1. The lowest BCUT2D eigenvalue weighted by Crippen LogP contribution is -2.48. The minimum absolute atomic E-state index is 0.0231. The van der Waals surface area contributed by atoms with Crippen molar-refractivity contribution in [2.75, 3.05) is 6.61 Å². The summed E-state index contributed by atoms with van der Waals surface area (Å²) in [6.07, 6.45) is -8.06. The summed E-state index contributed by atoms with van der Waals surface area (Å²) in [7, 11) is 0. The molecule has 0 aromatic rings. The average molecular weight is 343 g/mol. The third-order valence-electron chi connectivity index (χ3n) is 2.49. The summed E-state index contributed by atoms with van der Waals surface area (Å²) in [5.74, 6) is -3.92. The van der Waals surface area contributed by atoms with Gasteiger partial charge in [0.05, 0.1) is 6.61 Å². The predicted octanol–water partition coefficient (Wildman–Crippen LogP) is -4.23. The molecule has 0 rings (SSSR count). The molecular weight excluding hydrogens is 322 g/mol. The molecule has 12 nitrogen and oxygen atoms in total.